The second-order valence-electron chi connectivity index (χ2n) is 5.66. The Morgan fingerprint density at radius 1 is 1.15 bits per heavy atom. The standard InChI is InChI=1S/C19H19N3O2S2/c23-17-8-10-20-19(21-17)26-14-18(24)22(13-16-7-4-12-25-16)11-9-15-5-2-1-3-6-15/h1-8,10,12H,9,11,13-14H2,(H,20,21,23). The van der Waals surface area contributed by atoms with Crippen LogP contribution >= 0.6 is 23.1 Å². The van der Waals surface area contributed by atoms with E-state index in [-0.39, 0.29) is 17.2 Å². The lowest BCUT2D eigenvalue weighted by molar-refractivity contribution is -0.128. The van der Waals surface area contributed by atoms with Crippen molar-refractivity contribution in [1.29, 1.82) is 0 Å². The first kappa shape index (κ1) is 18.4. The van der Waals surface area contributed by atoms with Crippen molar-refractivity contribution in [3.63, 3.8) is 0 Å². The van der Waals surface area contributed by atoms with Crippen LogP contribution < -0.4 is 5.56 Å². The molecular weight excluding hydrogens is 366 g/mol. The molecule has 0 saturated heterocycles. The number of H-pyrrole nitrogens is 1. The fourth-order valence-electron chi connectivity index (χ4n) is 2.44. The van der Waals surface area contributed by atoms with Gasteiger partial charge in [-0.15, -0.1) is 11.3 Å². The van der Waals surface area contributed by atoms with E-state index >= 15 is 0 Å². The average molecular weight is 386 g/mol. The van der Waals surface area contributed by atoms with Crippen LogP contribution in [0.25, 0.3) is 0 Å². The maximum atomic E-state index is 12.7. The monoisotopic (exact) mass is 385 g/mol. The van der Waals surface area contributed by atoms with Crippen molar-refractivity contribution in [2.24, 2.45) is 0 Å². The molecule has 0 atom stereocenters. The van der Waals surface area contributed by atoms with Gasteiger partial charge < -0.3 is 9.88 Å². The van der Waals surface area contributed by atoms with Crippen molar-refractivity contribution < 1.29 is 4.79 Å². The maximum Gasteiger partial charge on any atom is 0.251 e. The van der Waals surface area contributed by atoms with Gasteiger partial charge in [-0.05, 0) is 23.4 Å². The topological polar surface area (TPSA) is 66.1 Å². The average Bonchev–Trinajstić information content (AvgIpc) is 3.17. The number of carbonyl (C=O) groups excluding carboxylic acids is 1. The van der Waals surface area contributed by atoms with Crippen LogP contribution in [0.4, 0.5) is 0 Å². The fraction of sp³-hybridized carbons (Fsp3) is 0.211. The molecule has 0 saturated carbocycles. The van der Waals surface area contributed by atoms with E-state index in [1.165, 1.54) is 29.6 Å². The molecule has 26 heavy (non-hydrogen) atoms. The van der Waals surface area contributed by atoms with Gasteiger partial charge in [-0.3, -0.25) is 9.59 Å². The van der Waals surface area contributed by atoms with E-state index in [0.29, 0.717) is 18.2 Å². The van der Waals surface area contributed by atoms with Gasteiger partial charge in [0, 0.05) is 23.7 Å². The predicted octanol–water partition coefficient (Wildman–Crippen LogP) is 3.20. The Kier molecular flexibility index (Phi) is 6.62. The zero-order valence-corrected chi connectivity index (χ0v) is 15.8. The van der Waals surface area contributed by atoms with Crippen LogP contribution in [0.1, 0.15) is 10.4 Å². The summed E-state index contributed by atoms with van der Waals surface area (Å²) in [4.78, 5) is 33.8. The lowest BCUT2D eigenvalue weighted by atomic mass is 10.1. The number of rotatable bonds is 8. The lowest BCUT2D eigenvalue weighted by Gasteiger charge is -2.22. The van der Waals surface area contributed by atoms with Crippen LogP contribution in [-0.4, -0.2) is 33.1 Å². The number of thioether (sulfide) groups is 1. The Morgan fingerprint density at radius 2 is 2.00 bits per heavy atom. The number of nitrogens with one attached hydrogen (secondary N) is 1. The molecule has 0 bridgehead atoms. The predicted molar refractivity (Wildman–Crippen MR) is 105 cm³/mol. The highest BCUT2D eigenvalue weighted by Crippen LogP contribution is 2.16. The highest BCUT2D eigenvalue weighted by atomic mass is 32.2. The minimum Gasteiger partial charge on any atom is -0.336 e. The first-order valence-corrected chi connectivity index (χ1v) is 10.1. The second kappa shape index (κ2) is 9.35. The van der Waals surface area contributed by atoms with E-state index in [2.05, 4.69) is 22.1 Å². The number of hydrogen-bond acceptors (Lipinski definition) is 5. The van der Waals surface area contributed by atoms with Crippen molar-refractivity contribution in [2.75, 3.05) is 12.3 Å². The van der Waals surface area contributed by atoms with Gasteiger partial charge in [0.1, 0.15) is 0 Å². The van der Waals surface area contributed by atoms with Crippen molar-refractivity contribution >= 4 is 29.0 Å². The summed E-state index contributed by atoms with van der Waals surface area (Å²) in [6, 6.07) is 15.5. The van der Waals surface area contributed by atoms with Crippen LogP contribution in [-0.2, 0) is 17.8 Å². The largest absolute Gasteiger partial charge is 0.336 e. The quantitative estimate of drug-likeness (QED) is 0.478. The smallest absolute Gasteiger partial charge is 0.251 e. The molecule has 7 heteroatoms. The van der Waals surface area contributed by atoms with Gasteiger partial charge in [0.05, 0.1) is 12.3 Å². The maximum absolute atomic E-state index is 12.7. The second-order valence-corrected chi connectivity index (χ2v) is 7.65. The molecular formula is C19H19N3O2S2. The molecule has 0 aliphatic carbocycles. The Hall–Kier alpha value is -2.38. The number of carbonyl (C=O) groups is 1. The fourth-order valence-corrected chi connectivity index (χ4v) is 3.91. The van der Waals surface area contributed by atoms with Crippen molar-refractivity contribution in [2.45, 2.75) is 18.1 Å². The molecule has 0 radical (unpaired) electrons. The van der Waals surface area contributed by atoms with Gasteiger partial charge in [-0.1, -0.05) is 48.2 Å². The minimum absolute atomic E-state index is 0.0332. The zero-order chi connectivity index (χ0) is 18.2. The Balaban J connectivity index is 1.63. The Morgan fingerprint density at radius 3 is 2.73 bits per heavy atom. The van der Waals surface area contributed by atoms with Gasteiger partial charge in [-0.25, -0.2) is 4.98 Å². The Labute approximate surface area is 160 Å². The molecule has 1 N–H and O–H groups in total. The van der Waals surface area contributed by atoms with E-state index in [0.717, 1.165) is 11.3 Å². The molecule has 5 nitrogen and oxygen atoms in total. The number of thiophene rings is 1. The van der Waals surface area contributed by atoms with E-state index < -0.39 is 0 Å². The number of aromatic amines is 1. The summed E-state index contributed by atoms with van der Waals surface area (Å²) in [7, 11) is 0. The highest BCUT2D eigenvalue weighted by molar-refractivity contribution is 7.99. The first-order valence-electron chi connectivity index (χ1n) is 8.23. The zero-order valence-electron chi connectivity index (χ0n) is 14.1. The lowest BCUT2D eigenvalue weighted by Crippen LogP contribution is -2.33. The summed E-state index contributed by atoms with van der Waals surface area (Å²) in [6.45, 7) is 1.25. The Bertz CT molecular complexity index is 879. The molecule has 0 spiro atoms. The van der Waals surface area contributed by atoms with Crippen molar-refractivity contribution in [3.05, 3.63) is 80.9 Å². The number of amides is 1. The van der Waals surface area contributed by atoms with Gasteiger partial charge in [0.2, 0.25) is 5.91 Å². The number of hydrogen-bond donors (Lipinski definition) is 1. The molecule has 0 aliphatic rings. The molecule has 134 valence electrons. The summed E-state index contributed by atoms with van der Waals surface area (Å²) in [6.07, 6.45) is 2.26. The molecule has 0 fully saturated rings. The van der Waals surface area contributed by atoms with Gasteiger partial charge >= 0.3 is 0 Å². The van der Waals surface area contributed by atoms with E-state index in [1.807, 2.05) is 40.6 Å². The summed E-state index contributed by atoms with van der Waals surface area (Å²) in [5.41, 5.74) is 0.993. The third-order valence-corrected chi connectivity index (χ3v) is 5.51. The van der Waals surface area contributed by atoms with Crippen LogP contribution in [0.15, 0.2) is 70.1 Å². The molecule has 0 aliphatic heterocycles. The van der Waals surface area contributed by atoms with Crippen molar-refractivity contribution in [3.8, 4) is 0 Å². The summed E-state index contributed by atoms with van der Waals surface area (Å²) >= 11 is 2.90. The van der Waals surface area contributed by atoms with Crippen LogP contribution in [0.5, 0.6) is 0 Å². The SMILES string of the molecule is O=C(CSc1nccc(=O)[nH]1)N(CCc1ccccc1)Cc1cccs1. The molecule has 1 aromatic carbocycles. The summed E-state index contributed by atoms with van der Waals surface area (Å²) < 4.78 is 0. The molecule has 2 aromatic heterocycles. The van der Waals surface area contributed by atoms with Crippen LogP contribution in [0, 0.1) is 0 Å². The van der Waals surface area contributed by atoms with Crippen LogP contribution in [0.3, 0.4) is 0 Å². The third-order valence-electron chi connectivity index (χ3n) is 3.77. The van der Waals surface area contributed by atoms with E-state index in [9.17, 15) is 9.59 Å². The number of nitrogens with zero attached hydrogens (tertiary/aromatic N) is 2. The van der Waals surface area contributed by atoms with Crippen LogP contribution in [0.2, 0.25) is 0 Å². The molecule has 3 aromatic rings. The third kappa shape index (κ3) is 5.57. The minimum atomic E-state index is -0.213. The van der Waals surface area contributed by atoms with Gasteiger partial charge in [0.25, 0.3) is 5.56 Å². The van der Waals surface area contributed by atoms with Gasteiger partial charge in [-0.2, -0.15) is 0 Å². The first-order chi connectivity index (χ1) is 12.7. The summed E-state index contributed by atoms with van der Waals surface area (Å²) in [5.74, 6) is 0.276. The number of benzene rings is 1. The molecule has 3 rings (SSSR count). The van der Waals surface area contributed by atoms with E-state index in [1.54, 1.807) is 11.3 Å². The molecule has 2 heterocycles. The normalized spacial score (nSPS) is 10.6. The highest BCUT2D eigenvalue weighted by Gasteiger charge is 2.15. The van der Waals surface area contributed by atoms with E-state index in [4.69, 9.17) is 0 Å². The van der Waals surface area contributed by atoms with Crippen molar-refractivity contribution in [1.82, 2.24) is 14.9 Å². The van der Waals surface area contributed by atoms with Gasteiger partial charge in [0.15, 0.2) is 5.16 Å². The number of aromatic nitrogens is 2. The molecule has 0 unspecified atom stereocenters. The molecule has 1 amide bonds. The summed E-state index contributed by atoms with van der Waals surface area (Å²) in [5, 5.41) is 2.48.